The fraction of sp³-hybridized carbons (Fsp3) is 0.474. The fourth-order valence-corrected chi connectivity index (χ4v) is 3.09. The van der Waals surface area contributed by atoms with Gasteiger partial charge in [-0.15, -0.1) is 0 Å². The lowest BCUT2D eigenvalue weighted by Gasteiger charge is -2.30. The highest BCUT2D eigenvalue weighted by Gasteiger charge is 2.38. The summed E-state index contributed by atoms with van der Waals surface area (Å²) in [6.45, 7) is 5.34. The number of amides is 1. The van der Waals surface area contributed by atoms with Gasteiger partial charge in [0.25, 0.3) is 5.56 Å². The SMILES string of the molecule is CN(C(=O)OC(C)(C)C)c1ncc(N2CCc3nc[nH]c(=O)c3C2)cc1C(F)(F)F. The number of carbonyl (C=O) groups is 1. The van der Waals surface area contributed by atoms with Crippen molar-refractivity contribution in [1.29, 1.82) is 0 Å². The summed E-state index contributed by atoms with van der Waals surface area (Å²) in [7, 11) is 1.17. The number of carbonyl (C=O) groups excluding carboxylic acids is 1. The van der Waals surface area contributed by atoms with E-state index in [1.165, 1.54) is 19.6 Å². The summed E-state index contributed by atoms with van der Waals surface area (Å²) in [5, 5.41) is 0. The lowest BCUT2D eigenvalue weighted by Crippen LogP contribution is -2.37. The normalized spacial score (nSPS) is 14.3. The van der Waals surface area contributed by atoms with Gasteiger partial charge in [-0.1, -0.05) is 0 Å². The summed E-state index contributed by atoms with van der Waals surface area (Å²) in [6.07, 6.45) is -2.72. The molecular formula is C19H22F3N5O3. The minimum atomic E-state index is -4.75. The molecule has 2 aromatic heterocycles. The number of hydrogen-bond acceptors (Lipinski definition) is 6. The van der Waals surface area contributed by atoms with Crippen molar-refractivity contribution in [3.05, 3.63) is 45.8 Å². The number of hydrogen-bond donors (Lipinski definition) is 1. The van der Waals surface area contributed by atoms with Gasteiger partial charge >= 0.3 is 12.3 Å². The van der Waals surface area contributed by atoms with Gasteiger partial charge in [0.1, 0.15) is 17.0 Å². The Bertz CT molecular complexity index is 1010. The smallest absolute Gasteiger partial charge is 0.420 e. The fourth-order valence-electron chi connectivity index (χ4n) is 3.09. The molecule has 0 aliphatic carbocycles. The second-order valence-corrected chi connectivity index (χ2v) is 7.93. The van der Waals surface area contributed by atoms with Crippen molar-refractivity contribution < 1.29 is 22.7 Å². The molecule has 0 saturated carbocycles. The van der Waals surface area contributed by atoms with Gasteiger partial charge in [0.05, 0.1) is 36.0 Å². The molecule has 0 unspecified atom stereocenters. The summed E-state index contributed by atoms with van der Waals surface area (Å²) in [5.74, 6) is -0.558. The molecule has 162 valence electrons. The molecule has 0 spiro atoms. The van der Waals surface area contributed by atoms with Crippen LogP contribution in [0.1, 0.15) is 37.6 Å². The molecule has 0 fully saturated rings. The molecule has 2 aromatic rings. The minimum absolute atomic E-state index is 0.110. The number of fused-ring (bicyclic) bond motifs is 1. The van der Waals surface area contributed by atoms with Gasteiger partial charge in [-0.05, 0) is 26.8 Å². The van der Waals surface area contributed by atoms with Crippen molar-refractivity contribution >= 4 is 17.6 Å². The average Bonchev–Trinajstić information content (AvgIpc) is 2.65. The van der Waals surface area contributed by atoms with E-state index in [4.69, 9.17) is 4.74 Å². The molecule has 0 bridgehead atoms. The first-order chi connectivity index (χ1) is 13.9. The molecule has 30 heavy (non-hydrogen) atoms. The molecule has 1 aliphatic rings. The van der Waals surface area contributed by atoms with Gasteiger partial charge < -0.3 is 14.6 Å². The van der Waals surface area contributed by atoms with E-state index in [0.717, 1.165) is 11.0 Å². The van der Waals surface area contributed by atoms with Crippen LogP contribution in [-0.2, 0) is 23.9 Å². The topological polar surface area (TPSA) is 91.4 Å². The van der Waals surface area contributed by atoms with E-state index in [0.29, 0.717) is 24.2 Å². The number of alkyl halides is 3. The number of anilines is 2. The molecule has 1 amide bonds. The highest BCUT2D eigenvalue weighted by Crippen LogP contribution is 2.38. The molecule has 0 saturated heterocycles. The zero-order valence-corrected chi connectivity index (χ0v) is 17.0. The Labute approximate surface area is 170 Å². The lowest BCUT2D eigenvalue weighted by atomic mass is 10.1. The summed E-state index contributed by atoms with van der Waals surface area (Å²) < 4.78 is 46.4. The van der Waals surface area contributed by atoms with Crippen molar-refractivity contribution in [2.45, 2.75) is 45.5 Å². The second kappa shape index (κ2) is 7.62. The van der Waals surface area contributed by atoms with Gasteiger partial charge in [0.2, 0.25) is 0 Å². The molecular weight excluding hydrogens is 403 g/mol. The third-order valence-corrected chi connectivity index (χ3v) is 4.51. The van der Waals surface area contributed by atoms with Crippen LogP contribution in [0.5, 0.6) is 0 Å². The molecule has 1 aliphatic heterocycles. The van der Waals surface area contributed by atoms with Crippen molar-refractivity contribution in [2.75, 3.05) is 23.4 Å². The molecule has 11 heteroatoms. The molecule has 1 N–H and O–H groups in total. The van der Waals surface area contributed by atoms with Crippen LogP contribution in [0.15, 0.2) is 23.4 Å². The van der Waals surface area contributed by atoms with Crippen molar-refractivity contribution in [2.24, 2.45) is 0 Å². The van der Waals surface area contributed by atoms with Crippen LogP contribution < -0.4 is 15.4 Å². The van der Waals surface area contributed by atoms with E-state index < -0.39 is 29.3 Å². The van der Waals surface area contributed by atoms with E-state index in [2.05, 4.69) is 15.0 Å². The van der Waals surface area contributed by atoms with Crippen LogP contribution in [0.25, 0.3) is 0 Å². The van der Waals surface area contributed by atoms with Crippen molar-refractivity contribution in [1.82, 2.24) is 15.0 Å². The molecule has 0 radical (unpaired) electrons. The first-order valence-corrected chi connectivity index (χ1v) is 9.21. The van der Waals surface area contributed by atoms with Gasteiger partial charge in [-0.2, -0.15) is 13.2 Å². The van der Waals surface area contributed by atoms with E-state index in [9.17, 15) is 22.8 Å². The number of halogens is 3. The minimum Gasteiger partial charge on any atom is -0.443 e. The van der Waals surface area contributed by atoms with Crippen LogP contribution in [0.3, 0.4) is 0 Å². The number of nitrogens with one attached hydrogen (secondary N) is 1. The van der Waals surface area contributed by atoms with E-state index >= 15 is 0 Å². The largest absolute Gasteiger partial charge is 0.443 e. The summed E-state index contributed by atoms with van der Waals surface area (Å²) in [6, 6.07) is 0.929. The Morgan fingerprint density at radius 3 is 2.60 bits per heavy atom. The Morgan fingerprint density at radius 2 is 1.97 bits per heavy atom. The maximum absolute atomic E-state index is 13.8. The van der Waals surface area contributed by atoms with Crippen LogP contribution in [0, 0.1) is 0 Å². The van der Waals surface area contributed by atoms with Crippen molar-refractivity contribution in [3.8, 4) is 0 Å². The number of aromatic nitrogens is 3. The number of ether oxygens (including phenoxy) is 1. The number of pyridine rings is 1. The Hall–Kier alpha value is -3.11. The number of aromatic amines is 1. The van der Waals surface area contributed by atoms with E-state index in [1.54, 1.807) is 25.7 Å². The van der Waals surface area contributed by atoms with Crippen LogP contribution in [-0.4, -0.2) is 40.2 Å². The number of nitrogens with zero attached hydrogens (tertiary/aromatic N) is 4. The standard InChI is InChI=1S/C19H22F3N5O3/c1-18(2,3)30-17(29)26(4)15-13(19(20,21)22)7-11(8-23-15)27-6-5-14-12(9-27)16(28)25-10-24-14/h7-8,10H,5-6,9H2,1-4H3,(H,24,25,28). The quantitative estimate of drug-likeness (QED) is 0.795. The van der Waals surface area contributed by atoms with Gasteiger partial charge in [0.15, 0.2) is 0 Å². The van der Waals surface area contributed by atoms with Crippen LogP contribution in [0.4, 0.5) is 29.5 Å². The molecule has 3 rings (SSSR count). The summed E-state index contributed by atoms with van der Waals surface area (Å²) in [5.41, 5.74) is -1.04. The first-order valence-electron chi connectivity index (χ1n) is 9.21. The summed E-state index contributed by atoms with van der Waals surface area (Å²) in [4.78, 5) is 37.1. The lowest BCUT2D eigenvalue weighted by molar-refractivity contribution is -0.137. The highest BCUT2D eigenvalue weighted by atomic mass is 19.4. The van der Waals surface area contributed by atoms with E-state index in [-0.39, 0.29) is 17.8 Å². The second-order valence-electron chi connectivity index (χ2n) is 7.93. The zero-order chi connectivity index (χ0) is 22.3. The maximum atomic E-state index is 13.8. The predicted octanol–water partition coefficient (Wildman–Crippen LogP) is 3.12. The third-order valence-electron chi connectivity index (χ3n) is 4.51. The highest BCUT2D eigenvalue weighted by molar-refractivity contribution is 5.87. The van der Waals surface area contributed by atoms with Gasteiger partial charge in [0, 0.05) is 20.0 Å². The molecule has 0 atom stereocenters. The van der Waals surface area contributed by atoms with Crippen LogP contribution in [0.2, 0.25) is 0 Å². The van der Waals surface area contributed by atoms with Gasteiger partial charge in [-0.3, -0.25) is 9.69 Å². The summed E-state index contributed by atoms with van der Waals surface area (Å²) >= 11 is 0. The van der Waals surface area contributed by atoms with Gasteiger partial charge in [-0.25, -0.2) is 14.8 Å². The molecule has 0 aromatic carbocycles. The zero-order valence-electron chi connectivity index (χ0n) is 17.0. The van der Waals surface area contributed by atoms with E-state index in [1.807, 2.05) is 0 Å². The molecule has 3 heterocycles. The Morgan fingerprint density at radius 1 is 1.27 bits per heavy atom. The Balaban J connectivity index is 1.95. The number of H-pyrrole nitrogens is 1. The third kappa shape index (κ3) is 4.55. The monoisotopic (exact) mass is 425 g/mol. The predicted molar refractivity (Wildman–Crippen MR) is 103 cm³/mol. The first kappa shape index (κ1) is 21.6. The number of rotatable bonds is 2. The van der Waals surface area contributed by atoms with Crippen molar-refractivity contribution in [3.63, 3.8) is 0 Å². The average molecular weight is 425 g/mol. The Kier molecular flexibility index (Phi) is 5.48. The van der Waals surface area contributed by atoms with Crippen LogP contribution >= 0.6 is 0 Å². The maximum Gasteiger partial charge on any atom is 0.420 e. The molecule has 8 nitrogen and oxygen atoms in total.